The van der Waals surface area contributed by atoms with Gasteiger partial charge < -0.3 is 14.4 Å². The van der Waals surface area contributed by atoms with E-state index in [0.29, 0.717) is 5.76 Å². The molecule has 10 heteroatoms. The monoisotopic (exact) mass is 346 g/mol. The Bertz CT molecular complexity index is 838. The van der Waals surface area contributed by atoms with Crippen LogP contribution in [0.3, 0.4) is 0 Å². The number of non-ortho nitro benzene ring substituents is 1. The largest absolute Gasteiger partial charge is 0.504 e. The predicted molar refractivity (Wildman–Crippen MR) is 85.0 cm³/mol. The maximum atomic E-state index is 12.0. The van der Waals surface area contributed by atoms with Gasteiger partial charge in [0.1, 0.15) is 5.76 Å². The number of hydrogen-bond donors (Lipinski definition) is 1. The van der Waals surface area contributed by atoms with Gasteiger partial charge in [-0.25, -0.2) is 4.79 Å². The number of azo groups is 1. The number of aryl methyl sites for hydroxylation is 1. The average Bonchev–Trinajstić information content (AvgIpc) is 3.02. The lowest BCUT2D eigenvalue weighted by molar-refractivity contribution is -0.384. The van der Waals surface area contributed by atoms with Crippen LogP contribution in [0.25, 0.3) is 5.76 Å². The maximum absolute atomic E-state index is 12.0. The maximum Gasteiger partial charge on any atom is 0.362 e. The fraction of sp³-hybridized carbons (Fsp3) is 0.200. The summed E-state index contributed by atoms with van der Waals surface area (Å²) in [7, 11) is 0. The molecule has 0 aliphatic heterocycles. The van der Waals surface area contributed by atoms with Crippen molar-refractivity contribution >= 4 is 23.1 Å². The lowest BCUT2D eigenvalue weighted by Crippen LogP contribution is -2.08. The molecule has 2 rings (SSSR count). The van der Waals surface area contributed by atoms with Crippen LogP contribution < -0.4 is 0 Å². The highest BCUT2D eigenvalue weighted by atomic mass is 16.6. The van der Waals surface area contributed by atoms with Crippen molar-refractivity contribution in [3.63, 3.8) is 0 Å². The number of carbonyl (C=O) groups excluding carboxylic acids is 1. The highest BCUT2D eigenvalue weighted by Crippen LogP contribution is 2.22. The van der Waals surface area contributed by atoms with Gasteiger partial charge in [0.25, 0.3) is 5.69 Å². The Labute approximate surface area is 141 Å². The van der Waals surface area contributed by atoms with Crippen LogP contribution in [-0.2, 0) is 9.53 Å². The second-order valence-electron chi connectivity index (χ2n) is 4.71. The highest BCUT2D eigenvalue weighted by Gasteiger charge is 2.20. The smallest absolute Gasteiger partial charge is 0.362 e. The van der Waals surface area contributed by atoms with Crippen molar-refractivity contribution in [3.8, 4) is 0 Å². The number of carbonyl (C=O) groups is 1. The number of hydrogen-bond acceptors (Lipinski definition) is 9. The Morgan fingerprint density at radius 3 is 2.60 bits per heavy atom. The number of nitro benzene ring substituents is 1. The third-order valence-electron chi connectivity index (χ3n) is 2.89. The van der Waals surface area contributed by atoms with Crippen molar-refractivity contribution in [2.45, 2.75) is 13.8 Å². The highest BCUT2D eigenvalue weighted by molar-refractivity contribution is 5.95. The molecule has 1 aromatic carbocycles. The summed E-state index contributed by atoms with van der Waals surface area (Å²) >= 11 is 0. The van der Waals surface area contributed by atoms with Gasteiger partial charge in [-0.1, -0.05) is 5.16 Å². The summed E-state index contributed by atoms with van der Waals surface area (Å²) in [5.74, 6) is -1.02. The zero-order valence-corrected chi connectivity index (χ0v) is 13.4. The fourth-order valence-corrected chi connectivity index (χ4v) is 1.73. The van der Waals surface area contributed by atoms with Crippen molar-refractivity contribution in [2.24, 2.45) is 10.2 Å². The van der Waals surface area contributed by atoms with Crippen molar-refractivity contribution in [3.05, 3.63) is 57.6 Å². The second-order valence-corrected chi connectivity index (χ2v) is 4.71. The molecule has 0 unspecified atom stereocenters. The van der Waals surface area contributed by atoms with E-state index in [4.69, 9.17) is 9.26 Å². The summed E-state index contributed by atoms with van der Waals surface area (Å²) < 4.78 is 9.68. The van der Waals surface area contributed by atoms with Crippen LogP contribution in [-0.4, -0.2) is 27.8 Å². The Kier molecular flexibility index (Phi) is 5.56. The molecule has 10 nitrogen and oxygen atoms in total. The minimum absolute atomic E-state index is 0.00297. The first-order chi connectivity index (χ1) is 11.9. The van der Waals surface area contributed by atoms with Gasteiger partial charge in [-0.2, -0.15) is 5.11 Å². The number of aliphatic hydroxyl groups excluding tert-OH is 1. The van der Waals surface area contributed by atoms with Gasteiger partial charge in [0.15, 0.2) is 11.5 Å². The molecule has 1 heterocycles. The van der Waals surface area contributed by atoms with Crippen LogP contribution in [0.1, 0.15) is 18.4 Å². The van der Waals surface area contributed by atoms with E-state index in [9.17, 15) is 20.0 Å². The molecule has 0 atom stereocenters. The third kappa shape index (κ3) is 4.47. The molecule has 0 radical (unpaired) electrons. The van der Waals surface area contributed by atoms with Crippen molar-refractivity contribution in [2.75, 3.05) is 6.61 Å². The van der Waals surface area contributed by atoms with E-state index in [2.05, 4.69) is 15.4 Å². The minimum atomic E-state index is -0.897. The molecule has 0 amide bonds. The molecular formula is C15H14N4O6. The summed E-state index contributed by atoms with van der Waals surface area (Å²) in [6.45, 7) is 3.28. The van der Waals surface area contributed by atoms with Gasteiger partial charge in [-0.05, 0) is 26.0 Å². The molecular weight excluding hydrogens is 332 g/mol. The molecule has 1 N–H and O–H groups in total. The molecule has 0 aliphatic carbocycles. The fourth-order valence-electron chi connectivity index (χ4n) is 1.73. The van der Waals surface area contributed by atoms with Crippen LogP contribution >= 0.6 is 0 Å². The topological polar surface area (TPSA) is 140 Å². The van der Waals surface area contributed by atoms with E-state index in [1.54, 1.807) is 13.8 Å². The number of rotatable bonds is 6. The lowest BCUT2D eigenvalue weighted by atomic mass is 10.2. The standard InChI is InChI=1S/C15H14N4O6/c1-3-24-15(21)13(14(20)12-8-9(2)25-18-12)17-16-10-4-6-11(7-5-10)19(22)23/h4-8,20H,3H2,1-2H3/b14-13-,17-16?. The number of aliphatic hydroxyl groups is 1. The van der Waals surface area contributed by atoms with Gasteiger partial charge in [0, 0.05) is 18.2 Å². The zero-order valence-electron chi connectivity index (χ0n) is 13.4. The van der Waals surface area contributed by atoms with Crippen molar-refractivity contribution in [1.82, 2.24) is 5.16 Å². The van der Waals surface area contributed by atoms with Crippen LogP contribution in [0.2, 0.25) is 0 Å². The Morgan fingerprint density at radius 2 is 2.08 bits per heavy atom. The molecule has 0 saturated carbocycles. The SMILES string of the molecule is CCOC(=O)/C(N=Nc1ccc([N+](=O)[O-])cc1)=C(/O)c1cc(C)on1. The summed E-state index contributed by atoms with van der Waals surface area (Å²) in [4.78, 5) is 22.1. The van der Waals surface area contributed by atoms with E-state index >= 15 is 0 Å². The second kappa shape index (κ2) is 7.81. The molecule has 0 saturated heterocycles. The van der Waals surface area contributed by atoms with Gasteiger partial charge in [0.05, 0.1) is 17.2 Å². The first-order valence-corrected chi connectivity index (χ1v) is 7.12. The summed E-state index contributed by atoms with van der Waals surface area (Å²) in [6, 6.07) is 6.59. The number of benzene rings is 1. The van der Waals surface area contributed by atoms with E-state index in [-0.39, 0.29) is 23.7 Å². The molecule has 25 heavy (non-hydrogen) atoms. The Hall–Kier alpha value is -3.56. The van der Waals surface area contributed by atoms with Gasteiger partial charge in [0.2, 0.25) is 5.70 Å². The molecule has 0 bridgehead atoms. The van der Waals surface area contributed by atoms with Crippen LogP contribution in [0.4, 0.5) is 11.4 Å². The molecule has 0 aliphatic rings. The Morgan fingerprint density at radius 1 is 1.40 bits per heavy atom. The number of ether oxygens (including phenoxy) is 1. The normalized spacial score (nSPS) is 12.1. The summed E-state index contributed by atoms with van der Waals surface area (Å²) in [5.41, 5.74) is -0.325. The van der Waals surface area contributed by atoms with Gasteiger partial charge >= 0.3 is 5.97 Å². The number of aromatic nitrogens is 1. The van der Waals surface area contributed by atoms with E-state index < -0.39 is 22.3 Å². The first-order valence-electron chi connectivity index (χ1n) is 7.12. The molecule has 2 aromatic rings. The van der Waals surface area contributed by atoms with E-state index in [1.165, 1.54) is 30.3 Å². The lowest BCUT2D eigenvalue weighted by Gasteiger charge is -2.03. The number of nitrogens with zero attached hydrogens (tertiary/aromatic N) is 4. The molecule has 1 aromatic heterocycles. The van der Waals surface area contributed by atoms with E-state index in [1.807, 2.05) is 0 Å². The quantitative estimate of drug-likeness (QED) is 0.211. The average molecular weight is 346 g/mol. The van der Waals surface area contributed by atoms with Crippen LogP contribution in [0.5, 0.6) is 0 Å². The molecule has 130 valence electrons. The van der Waals surface area contributed by atoms with E-state index in [0.717, 1.165) is 0 Å². The van der Waals surface area contributed by atoms with Crippen LogP contribution in [0.15, 0.2) is 50.8 Å². The van der Waals surface area contributed by atoms with Gasteiger partial charge in [-0.15, -0.1) is 5.11 Å². The van der Waals surface area contributed by atoms with Gasteiger partial charge in [-0.3, -0.25) is 10.1 Å². The summed E-state index contributed by atoms with van der Waals surface area (Å²) in [6.07, 6.45) is 0. The molecule has 0 fully saturated rings. The van der Waals surface area contributed by atoms with Crippen molar-refractivity contribution in [1.29, 1.82) is 0 Å². The van der Waals surface area contributed by atoms with Crippen LogP contribution in [0, 0.1) is 17.0 Å². The number of esters is 1. The summed E-state index contributed by atoms with van der Waals surface area (Å²) in [5, 5.41) is 31.9. The number of nitro groups is 1. The predicted octanol–water partition coefficient (Wildman–Crippen LogP) is 3.46. The molecule has 0 spiro atoms. The third-order valence-corrected chi connectivity index (χ3v) is 2.89. The first kappa shape index (κ1) is 17.8. The zero-order chi connectivity index (χ0) is 18.4. The Balaban J connectivity index is 2.36. The van der Waals surface area contributed by atoms with Crippen molar-refractivity contribution < 1.29 is 24.1 Å². The minimum Gasteiger partial charge on any atom is -0.504 e.